The Labute approximate surface area is 175 Å². The monoisotopic (exact) mass is 411 g/mol. The van der Waals surface area contributed by atoms with Crippen LogP contribution in [0, 0.1) is 5.82 Å². The molecule has 158 valence electrons. The zero-order valence-corrected chi connectivity index (χ0v) is 17.2. The zero-order chi connectivity index (χ0) is 20.9. The van der Waals surface area contributed by atoms with Gasteiger partial charge in [-0.25, -0.2) is 14.4 Å². The summed E-state index contributed by atoms with van der Waals surface area (Å²) in [6, 6.07) is 5.17. The molecule has 1 aliphatic rings. The Morgan fingerprint density at radius 1 is 1.40 bits per heavy atom. The van der Waals surface area contributed by atoms with Crippen LogP contribution in [0.15, 0.2) is 54.3 Å². The third-order valence-electron chi connectivity index (χ3n) is 5.00. The average molecular weight is 411 g/mol. The molecule has 1 N–H and O–H groups in total. The van der Waals surface area contributed by atoms with Gasteiger partial charge in [-0.1, -0.05) is 6.07 Å². The number of halogens is 1. The summed E-state index contributed by atoms with van der Waals surface area (Å²) in [7, 11) is 1.90. The highest BCUT2D eigenvalue weighted by Gasteiger charge is 2.25. The number of nitrogens with zero attached hydrogens (tertiary/aromatic N) is 6. The largest absolute Gasteiger partial charge is 0.370 e. The summed E-state index contributed by atoms with van der Waals surface area (Å²) in [5.74, 6) is 0.502. The summed E-state index contributed by atoms with van der Waals surface area (Å²) in [6.45, 7) is 5.22. The van der Waals surface area contributed by atoms with E-state index >= 15 is 0 Å². The molecule has 8 nitrogen and oxygen atoms in total. The third-order valence-corrected chi connectivity index (χ3v) is 5.00. The number of benzene rings is 1. The molecule has 2 aromatic heterocycles. The van der Waals surface area contributed by atoms with Gasteiger partial charge in [-0.3, -0.25) is 4.68 Å². The molecule has 0 amide bonds. The van der Waals surface area contributed by atoms with E-state index in [0.29, 0.717) is 25.4 Å². The van der Waals surface area contributed by atoms with Crippen molar-refractivity contribution >= 4 is 5.96 Å². The lowest BCUT2D eigenvalue weighted by molar-refractivity contribution is -0.00805. The minimum atomic E-state index is -0.297. The molecule has 4 rings (SSSR count). The summed E-state index contributed by atoms with van der Waals surface area (Å²) in [5, 5.41) is 7.58. The fourth-order valence-electron chi connectivity index (χ4n) is 3.50. The van der Waals surface area contributed by atoms with Crippen molar-refractivity contribution in [1.29, 1.82) is 0 Å². The maximum absolute atomic E-state index is 14.5. The first kappa shape index (κ1) is 20.1. The van der Waals surface area contributed by atoms with Crippen molar-refractivity contribution in [2.45, 2.75) is 19.6 Å². The van der Waals surface area contributed by atoms with E-state index in [1.807, 2.05) is 32.4 Å². The quantitative estimate of drug-likeness (QED) is 0.515. The summed E-state index contributed by atoms with van der Waals surface area (Å²) in [5.41, 5.74) is 2.33. The number of nitrogens with one attached hydrogen (secondary N) is 1. The molecule has 9 heteroatoms. The van der Waals surface area contributed by atoms with Gasteiger partial charge in [0.2, 0.25) is 0 Å². The lowest BCUT2D eigenvalue weighted by Gasteiger charge is -2.34. The van der Waals surface area contributed by atoms with Crippen molar-refractivity contribution in [3.05, 3.63) is 66.3 Å². The van der Waals surface area contributed by atoms with Crippen LogP contribution in [0.4, 0.5) is 4.39 Å². The zero-order valence-electron chi connectivity index (χ0n) is 17.2. The number of hydrogen-bond acceptors (Lipinski definition) is 4. The van der Waals surface area contributed by atoms with Gasteiger partial charge in [0.1, 0.15) is 11.9 Å². The fraction of sp³-hybridized carbons (Fsp3) is 0.381. The molecule has 3 aromatic rings. The molecule has 1 aliphatic heterocycles. The first-order valence-electron chi connectivity index (χ1n) is 10.0. The second-order valence-corrected chi connectivity index (χ2v) is 7.18. The smallest absolute Gasteiger partial charge is 0.194 e. The number of hydrogen-bond donors (Lipinski definition) is 1. The van der Waals surface area contributed by atoms with Crippen LogP contribution in [0.25, 0.3) is 5.69 Å². The van der Waals surface area contributed by atoms with Crippen molar-refractivity contribution in [3.63, 3.8) is 0 Å². The molecule has 1 aromatic carbocycles. The number of aromatic nitrogens is 4. The number of aliphatic imine (C=N–C) groups is 1. The Balaban J connectivity index is 1.47. The minimum absolute atomic E-state index is 0.0526. The van der Waals surface area contributed by atoms with Crippen molar-refractivity contribution < 1.29 is 9.13 Å². The maximum Gasteiger partial charge on any atom is 0.194 e. The van der Waals surface area contributed by atoms with Gasteiger partial charge >= 0.3 is 0 Å². The topological polar surface area (TPSA) is 72.5 Å². The van der Waals surface area contributed by atoms with Crippen LogP contribution in [0.1, 0.15) is 24.2 Å². The number of imidazole rings is 1. The SMILES string of the molecule is CCNC(=NCc1ccc(-n2ccnc2)c(F)c1)N1CCOC(c2cnn(C)c2)C1. The Morgan fingerprint density at radius 3 is 3.00 bits per heavy atom. The normalized spacial score (nSPS) is 17.4. The van der Waals surface area contributed by atoms with Crippen molar-refractivity contribution in [1.82, 2.24) is 29.5 Å². The molecule has 1 unspecified atom stereocenters. The van der Waals surface area contributed by atoms with Crippen LogP contribution >= 0.6 is 0 Å². The van der Waals surface area contributed by atoms with E-state index < -0.39 is 0 Å². The Hall–Kier alpha value is -3.20. The maximum atomic E-state index is 14.5. The number of morpholine rings is 1. The van der Waals surface area contributed by atoms with Gasteiger partial charge in [-0.15, -0.1) is 0 Å². The number of guanidine groups is 1. The van der Waals surface area contributed by atoms with Crippen LogP contribution in [0.3, 0.4) is 0 Å². The minimum Gasteiger partial charge on any atom is -0.370 e. The molecule has 1 saturated heterocycles. The Morgan fingerprint density at radius 2 is 2.30 bits per heavy atom. The van der Waals surface area contributed by atoms with Gasteiger partial charge in [-0.05, 0) is 24.6 Å². The molecular weight excluding hydrogens is 385 g/mol. The van der Waals surface area contributed by atoms with Gasteiger partial charge in [-0.2, -0.15) is 5.10 Å². The molecule has 0 aliphatic carbocycles. The van der Waals surface area contributed by atoms with E-state index in [-0.39, 0.29) is 11.9 Å². The highest BCUT2D eigenvalue weighted by molar-refractivity contribution is 5.80. The van der Waals surface area contributed by atoms with Gasteiger partial charge in [0.15, 0.2) is 5.96 Å². The molecule has 0 radical (unpaired) electrons. The first-order chi connectivity index (χ1) is 14.6. The molecule has 3 heterocycles. The van der Waals surface area contributed by atoms with Crippen LogP contribution in [0.2, 0.25) is 0 Å². The van der Waals surface area contributed by atoms with Gasteiger partial charge in [0, 0.05) is 44.3 Å². The van der Waals surface area contributed by atoms with E-state index in [1.54, 1.807) is 34.0 Å². The van der Waals surface area contributed by atoms with Crippen molar-refractivity contribution in [2.24, 2.45) is 12.0 Å². The molecule has 1 atom stereocenters. The molecule has 1 fully saturated rings. The molecule has 0 spiro atoms. The Kier molecular flexibility index (Phi) is 6.08. The predicted octanol–water partition coefficient (Wildman–Crippen LogP) is 2.28. The highest BCUT2D eigenvalue weighted by atomic mass is 19.1. The predicted molar refractivity (Wildman–Crippen MR) is 112 cm³/mol. The second kappa shape index (κ2) is 9.08. The molecule has 30 heavy (non-hydrogen) atoms. The molecule has 0 saturated carbocycles. The lowest BCUT2D eigenvalue weighted by Crippen LogP contribution is -2.48. The first-order valence-corrected chi connectivity index (χ1v) is 10.0. The molecular formula is C21H26FN7O. The van der Waals surface area contributed by atoms with Gasteiger partial charge in [0.25, 0.3) is 0 Å². The average Bonchev–Trinajstić information content (AvgIpc) is 3.43. The standard InChI is InChI=1S/C21H26FN7O/c1-3-24-21(28-8-9-30-20(14-28)17-12-26-27(2)13-17)25-11-16-4-5-19(18(22)10-16)29-7-6-23-15-29/h4-7,10,12-13,15,20H,3,8-9,11,14H2,1-2H3,(H,24,25). The van der Waals surface area contributed by atoms with Crippen LogP contribution < -0.4 is 5.32 Å². The van der Waals surface area contributed by atoms with Crippen LogP contribution in [-0.2, 0) is 18.3 Å². The molecule has 0 bridgehead atoms. The number of ether oxygens (including phenoxy) is 1. The highest BCUT2D eigenvalue weighted by Crippen LogP contribution is 2.22. The van der Waals surface area contributed by atoms with Gasteiger partial charge < -0.3 is 19.5 Å². The summed E-state index contributed by atoms with van der Waals surface area (Å²) in [4.78, 5) is 10.9. The summed E-state index contributed by atoms with van der Waals surface area (Å²) in [6.07, 6.45) is 8.68. The van der Waals surface area contributed by atoms with Crippen LogP contribution in [0.5, 0.6) is 0 Å². The van der Waals surface area contributed by atoms with Gasteiger partial charge in [0.05, 0.1) is 37.9 Å². The van der Waals surface area contributed by atoms with Crippen molar-refractivity contribution in [3.8, 4) is 5.69 Å². The lowest BCUT2D eigenvalue weighted by atomic mass is 10.1. The Bertz CT molecular complexity index is 999. The van der Waals surface area contributed by atoms with E-state index in [0.717, 1.165) is 30.2 Å². The number of rotatable bonds is 5. The second-order valence-electron chi connectivity index (χ2n) is 7.18. The fourth-order valence-corrected chi connectivity index (χ4v) is 3.50. The number of aryl methyl sites for hydroxylation is 1. The summed E-state index contributed by atoms with van der Waals surface area (Å²) < 4.78 is 23.9. The third kappa shape index (κ3) is 4.51. The van der Waals surface area contributed by atoms with E-state index in [1.165, 1.54) is 6.07 Å². The van der Waals surface area contributed by atoms with E-state index in [2.05, 4.69) is 20.3 Å². The van der Waals surface area contributed by atoms with Crippen LogP contribution in [-0.4, -0.2) is 56.4 Å². The van der Waals surface area contributed by atoms with Crippen molar-refractivity contribution in [2.75, 3.05) is 26.2 Å². The summed E-state index contributed by atoms with van der Waals surface area (Å²) >= 11 is 0. The van der Waals surface area contributed by atoms with E-state index in [4.69, 9.17) is 9.73 Å². The van der Waals surface area contributed by atoms with E-state index in [9.17, 15) is 4.39 Å².